The summed E-state index contributed by atoms with van der Waals surface area (Å²) in [5.41, 5.74) is 2.41. The summed E-state index contributed by atoms with van der Waals surface area (Å²) in [6, 6.07) is 9.26. The number of H-pyrrole nitrogens is 1. The summed E-state index contributed by atoms with van der Waals surface area (Å²) in [6.45, 7) is 6.00. The molecule has 0 aliphatic heterocycles. The van der Waals surface area contributed by atoms with E-state index in [2.05, 4.69) is 21.0 Å². The summed E-state index contributed by atoms with van der Waals surface area (Å²) >= 11 is 0. The van der Waals surface area contributed by atoms with Crippen molar-refractivity contribution in [2.45, 2.75) is 26.2 Å². The van der Waals surface area contributed by atoms with E-state index in [4.69, 9.17) is 5.26 Å². The number of hydrogen-bond acceptors (Lipinski definition) is 4. The van der Waals surface area contributed by atoms with Crippen LogP contribution in [0.5, 0.6) is 0 Å². The Morgan fingerprint density at radius 3 is 2.43 bits per heavy atom. The summed E-state index contributed by atoms with van der Waals surface area (Å²) in [5, 5.41) is 9.37. The summed E-state index contributed by atoms with van der Waals surface area (Å²) in [6.07, 6.45) is 3.23. The smallest absolute Gasteiger partial charge is 0.260 e. The Labute approximate surface area is 133 Å². The van der Waals surface area contributed by atoms with Gasteiger partial charge in [0.25, 0.3) is 5.56 Å². The van der Waals surface area contributed by atoms with E-state index in [0.29, 0.717) is 22.3 Å². The normalized spacial score (nSPS) is 11.4. The van der Waals surface area contributed by atoms with Crippen molar-refractivity contribution in [3.63, 3.8) is 0 Å². The maximum Gasteiger partial charge on any atom is 0.260 e. The van der Waals surface area contributed by atoms with Gasteiger partial charge in [0.15, 0.2) is 0 Å². The van der Waals surface area contributed by atoms with Gasteiger partial charge in [0.1, 0.15) is 5.82 Å². The Morgan fingerprint density at radius 1 is 1.13 bits per heavy atom. The van der Waals surface area contributed by atoms with Gasteiger partial charge < -0.3 is 4.98 Å². The van der Waals surface area contributed by atoms with Crippen molar-refractivity contribution in [1.29, 1.82) is 5.26 Å². The lowest BCUT2D eigenvalue weighted by Crippen LogP contribution is -2.22. The largest absolute Gasteiger partial charge is 0.310 e. The van der Waals surface area contributed by atoms with Gasteiger partial charge in [-0.15, -0.1) is 0 Å². The van der Waals surface area contributed by atoms with Crippen molar-refractivity contribution in [2.75, 3.05) is 0 Å². The highest BCUT2D eigenvalue weighted by Crippen LogP contribution is 2.27. The zero-order valence-corrected chi connectivity index (χ0v) is 13.2. The molecule has 0 aliphatic carbocycles. The SMILES string of the molecule is CC(C)(C)c1nc2c(-c3ccc(C#N)cc3)cncc2c(=O)[nH]1. The minimum absolute atomic E-state index is 0.192. The van der Waals surface area contributed by atoms with E-state index in [1.807, 2.05) is 32.9 Å². The van der Waals surface area contributed by atoms with Crippen LogP contribution in [0.15, 0.2) is 41.5 Å². The number of nitrogens with zero attached hydrogens (tertiary/aromatic N) is 3. The molecule has 0 radical (unpaired) electrons. The number of nitriles is 1. The van der Waals surface area contributed by atoms with Crippen LogP contribution in [0.1, 0.15) is 32.2 Å². The van der Waals surface area contributed by atoms with Crippen LogP contribution in [-0.2, 0) is 5.41 Å². The third-order valence-corrected chi connectivity index (χ3v) is 3.65. The van der Waals surface area contributed by atoms with E-state index < -0.39 is 0 Å². The third kappa shape index (κ3) is 2.71. The maximum absolute atomic E-state index is 12.4. The first-order valence-electron chi connectivity index (χ1n) is 7.29. The average Bonchev–Trinajstić information content (AvgIpc) is 2.53. The third-order valence-electron chi connectivity index (χ3n) is 3.65. The number of hydrogen-bond donors (Lipinski definition) is 1. The molecule has 2 aromatic heterocycles. The minimum atomic E-state index is -0.265. The molecule has 0 atom stereocenters. The van der Waals surface area contributed by atoms with E-state index in [9.17, 15) is 4.79 Å². The number of rotatable bonds is 1. The Hall–Kier alpha value is -3.00. The van der Waals surface area contributed by atoms with Gasteiger partial charge in [-0.3, -0.25) is 9.78 Å². The molecular weight excluding hydrogens is 288 g/mol. The molecule has 0 fully saturated rings. The molecule has 3 aromatic rings. The molecule has 114 valence electrons. The van der Waals surface area contributed by atoms with E-state index in [1.54, 1.807) is 18.3 Å². The zero-order valence-electron chi connectivity index (χ0n) is 13.2. The number of benzene rings is 1. The summed E-state index contributed by atoms with van der Waals surface area (Å²) in [5.74, 6) is 0.635. The van der Waals surface area contributed by atoms with Gasteiger partial charge in [-0.25, -0.2) is 4.98 Å². The predicted octanol–water partition coefficient (Wildman–Crippen LogP) is 3.15. The van der Waals surface area contributed by atoms with Gasteiger partial charge in [-0.1, -0.05) is 32.9 Å². The van der Waals surface area contributed by atoms with Crippen molar-refractivity contribution >= 4 is 10.9 Å². The molecule has 0 unspecified atom stereocenters. The molecule has 23 heavy (non-hydrogen) atoms. The minimum Gasteiger partial charge on any atom is -0.310 e. The number of aromatic nitrogens is 3. The van der Waals surface area contributed by atoms with E-state index in [-0.39, 0.29) is 11.0 Å². The molecule has 1 N–H and O–H groups in total. The molecule has 0 spiro atoms. The fraction of sp³-hybridized carbons (Fsp3) is 0.222. The van der Waals surface area contributed by atoms with Gasteiger partial charge in [0, 0.05) is 23.4 Å². The van der Waals surface area contributed by atoms with Crippen LogP contribution < -0.4 is 5.56 Å². The number of nitrogens with one attached hydrogen (secondary N) is 1. The quantitative estimate of drug-likeness (QED) is 0.748. The van der Waals surface area contributed by atoms with Crippen molar-refractivity contribution in [1.82, 2.24) is 15.0 Å². The molecule has 5 heteroatoms. The lowest BCUT2D eigenvalue weighted by molar-refractivity contribution is 0.546. The van der Waals surface area contributed by atoms with Gasteiger partial charge in [-0.2, -0.15) is 5.26 Å². The number of pyridine rings is 1. The van der Waals surface area contributed by atoms with Crippen LogP contribution in [0.25, 0.3) is 22.0 Å². The van der Waals surface area contributed by atoms with Crippen LogP contribution >= 0.6 is 0 Å². The van der Waals surface area contributed by atoms with Gasteiger partial charge >= 0.3 is 0 Å². The molecule has 0 amide bonds. The topological polar surface area (TPSA) is 82.4 Å². The number of aromatic amines is 1. The molecule has 2 heterocycles. The van der Waals surface area contributed by atoms with Crippen LogP contribution in [0.2, 0.25) is 0 Å². The van der Waals surface area contributed by atoms with Crippen LogP contribution in [0, 0.1) is 11.3 Å². The lowest BCUT2D eigenvalue weighted by Gasteiger charge is -2.18. The summed E-state index contributed by atoms with van der Waals surface area (Å²) in [4.78, 5) is 24.0. The molecule has 0 bridgehead atoms. The monoisotopic (exact) mass is 304 g/mol. The summed E-state index contributed by atoms with van der Waals surface area (Å²) < 4.78 is 0. The first-order valence-corrected chi connectivity index (χ1v) is 7.29. The Balaban J connectivity index is 2.30. The molecule has 0 aliphatic rings. The first-order chi connectivity index (χ1) is 10.9. The second-order valence-electron chi connectivity index (χ2n) is 6.44. The second kappa shape index (κ2) is 5.33. The van der Waals surface area contributed by atoms with E-state index in [1.165, 1.54) is 6.20 Å². The maximum atomic E-state index is 12.4. The standard InChI is InChI=1S/C18H16N4O/c1-18(2,3)17-21-15-13(9-20-10-14(15)16(23)22-17)12-6-4-11(8-19)5-7-12/h4-7,9-10H,1-3H3,(H,21,22,23). The van der Waals surface area contributed by atoms with Crippen molar-refractivity contribution < 1.29 is 0 Å². The van der Waals surface area contributed by atoms with Gasteiger partial charge in [-0.05, 0) is 17.7 Å². The zero-order chi connectivity index (χ0) is 16.6. The van der Waals surface area contributed by atoms with Crippen LogP contribution in [0.3, 0.4) is 0 Å². The van der Waals surface area contributed by atoms with Crippen LogP contribution in [0.4, 0.5) is 0 Å². The Bertz CT molecular complexity index is 973. The fourth-order valence-corrected chi connectivity index (χ4v) is 2.35. The van der Waals surface area contributed by atoms with Gasteiger partial charge in [0.05, 0.1) is 22.5 Å². The van der Waals surface area contributed by atoms with Crippen molar-refractivity contribution in [3.05, 3.63) is 58.4 Å². The number of fused-ring (bicyclic) bond motifs is 1. The fourth-order valence-electron chi connectivity index (χ4n) is 2.35. The van der Waals surface area contributed by atoms with Crippen LogP contribution in [-0.4, -0.2) is 15.0 Å². The van der Waals surface area contributed by atoms with E-state index >= 15 is 0 Å². The molecule has 0 saturated heterocycles. The Kier molecular flexibility index (Phi) is 3.45. The summed E-state index contributed by atoms with van der Waals surface area (Å²) in [7, 11) is 0. The molecular formula is C18H16N4O. The van der Waals surface area contributed by atoms with Crippen molar-refractivity contribution in [3.8, 4) is 17.2 Å². The second-order valence-corrected chi connectivity index (χ2v) is 6.44. The Morgan fingerprint density at radius 2 is 1.83 bits per heavy atom. The highest BCUT2D eigenvalue weighted by Gasteiger charge is 2.19. The van der Waals surface area contributed by atoms with Gasteiger partial charge in [0.2, 0.25) is 0 Å². The molecule has 0 saturated carbocycles. The molecule has 3 rings (SSSR count). The van der Waals surface area contributed by atoms with E-state index in [0.717, 1.165) is 11.1 Å². The van der Waals surface area contributed by atoms with Crippen molar-refractivity contribution in [2.24, 2.45) is 0 Å². The highest BCUT2D eigenvalue weighted by molar-refractivity contribution is 5.92. The molecule has 1 aromatic carbocycles. The lowest BCUT2D eigenvalue weighted by atomic mass is 9.95. The average molecular weight is 304 g/mol. The first kappa shape index (κ1) is 14.9. The molecule has 5 nitrogen and oxygen atoms in total. The highest BCUT2D eigenvalue weighted by atomic mass is 16.1. The predicted molar refractivity (Wildman–Crippen MR) is 89.0 cm³/mol.